The van der Waals surface area contributed by atoms with Gasteiger partial charge in [0.1, 0.15) is 0 Å². The van der Waals surface area contributed by atoms with Crippen molar-refractivity contribution in [2.45, 2.75) is 32.7 Å². The standard InChI is InChI=1S/C17H28N2O3/c1-6-12(2)16(18)17(20)19(3)10-9-13-7-8-14(21-4)15(11-13)22-5/h7-8,11-12,16H,6,9-10,18H2,1-5H3/p+1/t12-,16-/m1/s1. The molecule has 124 valence electrons. The molecule has 5 nitrogen and oxygen atoms in total. The number of amides is 1. The molecule has 1 aromatic carbocycles. The molecule has 1 aromatic rings. The summed E-state index contributed by atoms with van der Waals surface area (Å²) in [5.41, 5.74) is 5.12. The van der Waals surface area contributed by atoms with Gasteiger partial charge in [-0.1, -0.05) is 19.9 Å². The first kappa shape index (κ1) is 18.3. The minimum absolute atomic E-state index is 0.106. The first-order chi connectivity index (χ1) is 10.4. The number of carbonyl (C=O) groups is 1. The summed E-state index contributed by atoms with van der Waals surface area (Å²) < 4.78 is 10.5. The zero-order chi connectivity index (χ0) is 16.7. The molecule has 0 radical (unpaired) electrons. The first-order valence-corrected chi connectivity index (χ1v) is 7.73. The van der Waals surface area contributed by atoms with E-state index < -0.39 is 0 Å². The van der Waals surface area contributed by atoms with Gasteiger partial charge in [0.15, 0.2) is 17.5 Å². The highest BCUT2D eigenvalue weighted by Gasteiger charge is 2.26. The first-order valence-electron chi connectivity index (χ1n) is 7.73. The molecule has 22 heavy (non-hydrogen) atoms. The number of benzene rings is 1. The molecule has 0 saturated carbocycles. The van der Waals surface area contributed by atoms with Crippen LogP contribution >= 0.6 is 0 Å². The van der Waals surface area contributed by atoms with Crippen LogP contribution in [0.25, 0.3) is 0 Å². The molecular formula is C17H29N2O3+. The Bertz CT molecular complexity index is 491. The van der Waals surface area contributed by atoms with Gasteiger partial charge in [0.25, 0.3) is 5.91 Å². The van der Waals surface area contributed by atoms with Gasteiger partial charge in [0, 0.05) is 19.5 Å². The van der Waals surface area contributed by atoms with Gasteiger partial charge in [-0.25, -0.2) is 0 Å². The summed E-state index contributed by atoms with van der Waals surface area (Å²) in [5, 5.41) is 0. The maximum absolute atomic E-state index is 12.3. The van der Waals surface area contributed by atoms with E-state index in [0.717, 1.165) is 18.4 Å². The maximum Gasteiger partial charge on any atom is 0.280 e. The summed E-state index contributed by atoms with van der Waals surface area (Å²) in [6.45, 7) is 4.81. The molecule has 0 unspecified atom stereocenters. The van der Waals surface area contributed by atoms with Gasteiger partial charge in [0.05, 0.1) is 14.2 Å². The molecule has 0 aliphatic rings. The lowest BCUT2D eigenvalue weighted by Crippen LogP contribution is -2.70. The van der Waals surface area contributed by atoms with Crippen molar-refractivity contribution >= 4 is 5.91 Å². The smallest absolute Gasteiger partial charge is 0.280 e. The van der Waals surface area contributed by atoms with E-state index in [1.165, 1.54) is 0 Å². The van der Waals surface area contributed by atoms with Crippen LogP contribution in [0.5, 0.6) is 11.5 Å². The molecular weight excluding hydrogens is 280 g/mol. The van der Waals surface area contributed by atoms with Crippen molar-refractivity contribution < 1.29 is 20.0 Å². The van der Waals surface area contributed by atoms with E-state index in [-0.39, 0.29) is 11.9 Å². The summed E-state index contributed by atoms with van der Waals surface area (Å²) in [4.78, 5) is 14.1. The van der Waals surface area contributed by atoms with Crippen LogP contribution in [0.4, 0.5) is 0 Å². The molecule has 5 heteroatoms. The van der Waals surface area contributed by atoms with Crippen molar-refractivity contribution in [3.8, 4) is 11.5 Å². The van der Waals surface area contributed by atoms with E-state index in [0.29, 0.717) is 24.0 Å². The van der Waals surface area contributed by atoms with E-state index in [4.69, 9.17) is 9.47 Å². The van der Waals surface area contributed by atoms with Crippen molar-refractivity contribution in [2.24, 2.45) is 5.92 Å². The number of carbonyl (C=O) groups excluding carboxylic acids is 1. The Labute approximate surface area is 133 Å². The third kappa shape index (κ3) is 4.63. The predicted molar refractivity (Wildman–Crippen MR) is 87.0 cm³/mol. The van der Waals surface area contributed by atoms with Gasteiger partial charge in [0.2, 0.25) is 0 Å². The number of hydrogen-bond acceptors (Lipinski definition) is 3. The Morgan fingerprint density at radius 2 is 1.91 bits per heavy atom. The highest BCUT2D eigenvalue weighted by molar-refractivity contribution is 5.80. The Morgan fingerprint density at radius 3 is 2.45 bits per heavy atom. The minimum atomic E-state index is -0.180. The van der Waals surface area contributed by atoms with Gasteiger partial charge in [-0.05, 0) is 30.5 Å². The lowest BCUT2D eigenvalue weighted by Gasteiger charge is -2.22. The number of ether oxygens (including phenoxy) is 2. The summed E-state index contributed by atoms with van der Waals surface area (Å²) in [7, 11) is 5.08. The van der Waals surface area contributed by atoms with Crippen LogP contribution in [0.3, 0.4) is 0 Å². The molecule has 0 heterocycles. The van der Waals surface area contributed by atoms with E-state index in [9.17, 15) is 4.79 Å². The van der Waals surface area contributed by atoms with Crippen LogP contribution in [0.1, 0.15) is 25.8 Å². The lowest BCUT2D eigenvalue weighted by atomic mass is 9.99. The molecule has 0 aliphatic carbocycles. The zero-order valence-corrected chi connectivity index (χ0v) is 14.4. The number of likely N-dealkylation sites (N-methyl/N-ethyl adjacent to an activating group) is 1. The topological polar surface area (TPSA) is 66.4 Å². The summed E-state index contributed by atoms with van der Waals surface area (Å²) >= 11 is 0. The van der Waals surface area contributed by atoms with Crippen LogP contribution in [-0.2, 0) is 11.2 Å². The maximum atomic E-state index is 12.3. The van der Waals surface area contributed by atoms with Crippen molar-refractivity contribution in [3.63, 3.8) is 0 Å². The van der Waals surface area contributed by atoms with Gasteiger partial charge in [-0.3, -0.25) is 4.79 Å². The third-order valence-corrected chi connectivity index (χ3v) is 4.21. The molecule has 0 saturated heterocycles. The SMILES string of the molecule is CC[C@@H](C)[C@@H]([NH3+])C(=O)N(C)CCc1ccc(OC)c(OC)c1. The number of hydrogen-bond donors (Lipinski definition) is 1. The molecule has 2 atom stereocenters. The predicted octanol–water partition coefficient (Wildman–Crippen LogP) is 1.36. The molecule has 0 fully saturated rings. The van der Waals surface area contributed by atoms with Crippen LogP contribution < -0.4 is 15.2 Å². The van der Waals surface area contributed by atoms with Crippen molar-refractivity contribution in [1.29, 1.82) is 0 Å². The summed E-state index contributed by atoms with van der Waals surface area (Å²) in [6.07, 6.45) is 1.74. The van der Waals surface area contributed by atoms with Crippen molar-refractivity contribution in [3.05, 3.63) is 23.8 Å². The average Bonchev–Trinajstić information content (AvgIpc) is 2.56. The minimum Gasteiger partial charge on any atom is -0.493 e. The molecule has 1 rings (SSSR count). The van der Waals surface area contributed by atoms with Gasteiger partial charge >= 0.3 is 0 Å². The Morgan fingerprint density at radius 1 is 1.27 bits per heavy atom. The number of nitrogens with zero attached hydrogens (tertiary/aromatic N) is 1. The number of methoxy groups -OCH3 is 2. The number of quaternary nitrogens is 1. The second kappa shape index (κ2) is 8.63. The molecule has 0 spiro atoms. The zero-order valence-electron chi connectivity index (χ0n) is 14.4. The van der Waals surface area contributed by atoms with Crippen molar-refractivity contribution in [2.75, 3.05) is 27.8 Å². The second-order valence-corrected chi connectivity index (χ2v) is 5.69. The van der Waals surface area contributed by atoms with E-state index in [1.807, 2.05) is 25.2 Å². The Hall–Kier alpha value is -1.75. The summed E-state index contributed by atoms with van der Waals surface area (Å²) in [6, 6.07) is 5.66. The fourth-order valence-corrected chi connectivity index (χ4v) is 2.25. The third-order valence-electron chi connectivity index (χ3n) is 4.21. The van der Waals surface area contributed by atoms with Crippen molar-refractivity contribution in [1.82, 2.24) is 4.90 Å². The fraction of sp³-hybridized carbons (Fsp3) is 0.588. The molecule has 0 aromatic heterocycles. The van der Waals surface area contributed by atoms with Gasteiger partial charge < -0.3 is 20.1 Å². The van der Waals surface area contributed by atoms with Gasteiger partial charge in [-0.15, -0.1) is 0 Å². The second-order valence-electron chi connectivity index (χ2n) is 5.69. The lowest BCUT2D eigenvalue weighted by molar-refractivity contribution is -0.417. The quantitative estimate of drug-likeness (QED) is 0.788. The Kier molecular flexibility index (Phi) is 7.18. The molecule has 3 N–H and O–H groups in total. The monoisotopic (exact) mass is 309 g/mol. The fourth-order valence-electron chi connectivity index (χ4n) is 2.25. The molecule has 0 bridgehead atoms. The Balaban J connectivity index is 2.64. The van der Waals surface area contributed by atoms with E-state index in [2.05, 4.69) is 19.6 Å². The van der Waals surface area contributed by atoms with Crippen LogP contribution in [0.2, 0.25) is 0 Å². The highest BCUT2D eigenvalue weighted by Crippen LogP contribution is 2.27. The number of rotatable bonds is 8. The van der Waals surface area contributed by atoms with Crippen LogP contribution in [0, 0.1) is 5.92 Å². The average molecular weight is 309 g/mol. The molecule has 0 aliphatic heterocycles. The van der Waals surface area contributed by atoms with Crippen LogP contribution in [0.15, 0.2) is 18.2 Å². The largest absolute Gasteiger partial charge is 0.493 e. The highest BCUT2D eigenvalue weighted by atomic mass is 16.5. The van der Waals surface area contributed by atoms with E-state index >= 15 is 0 Å². The van der Waals surface area contributed by atoms with Crippen LogP contribution in [-0.4, -0.2) is 44.7 Å². The summed E-state index contributed by atoms with van der Waals surface area (Å²) in [5.74, 6) is 1.83. The normalized spacial score (nSPS) is 13.4. The van der Waals surface area contributed by atoms with E-state index in [1.54, 1.807) is 19.1 Å². The molecule has 1 amide bonds. The van der Waals surface area contributed by atoms with Gasteiger partial charge in [-0.2, -0.15) is 0 Å².